The average Bonchev–Trinajstić information content (AvgIpc) is 2.85. The summed E-state index contributed by atoms with van der Waals surface area (Å²) in [5.41, 5.74) is 11.4. The minimum Gasteiger partial charge on any atom is -0.399 e. The largest absolute Gasteiger partial charge is 0.399 e. The first-order valence-corrected chi connectivity index (χ1v) is 7.72. The summed E-state index contributed by atoms with van der Waals surface area (Å²) in [6.07, 6.45) is -1.00. The molecule has 0 spiro atoms. The predicted octanol–water partition coefficient (Wildman–Crippen LogP) is 2.49. The van der Waals surface area contributed by atoms with Crippen molar-refractivity contribution in [2.45, 2.75) is 25.0 Å². The number of rotatable bonds is 1. The number of nitrogens with two attached hydrogens (primary N) is 2. The first kappa shape index (κ1) is 17.0. The van der Waals surface area contributed by atoms with Gasteiger partial charge in [0.15, 0.2) is 5.17 Å². The highest BCUT2D eigenvalue weighted by atomic mass is 32.2. The van der Waals surface area contributed by atoms with Gasteiger partial charge in [0, 0.05) is 24.3 Å². The van der Waals surface area contributed by atoms with E-state index in [1.54, 1.807) is 0 Å². The van der Waals surface area contributed by atoms with Gasteiger partial charge in [-0.2, -0.15) is 0 Å². The highest BCUT2D eigenvalue weighted by Gasteiger charge is 2.50. The number of halogens is 3. The number of nitrogens with zero attached hydrogens (tertiary/aromatic N) is 1. The van der Waals surface area contributed by atoms with E-state index in [1.165, 1.54) is 36.0 Å². The zero-order chi connectivity index (χ0) is 16.3. The van der Waals surface area contributed by atoms with Crippen molar-refractivity contribution in [1.82, 2.24) is 0 Å². The number of alkyl halides is 2. The van der Waals surface area contributed by atoms with Crippen molar-refractivity contribution in [3.05, 3.63) is 30.1 Å². The predicted molar refractivity (Wildman–Crippen MR) is 82.5 cm³/mol. The second-order valence-electron chi connectivity index (χ2n) is 5.27. The molecule has 0 bridgehead atoms. The lowest BCUT2D eigenvalue weighted by molar-refractivity contribution is -0.113. The van der Waals surface area contributed by atoms with Crippen LogP contribution in [-0.2, 0) is 4.74 Å². The van der Waals surface area contributed by atoms with Crippen molar-refractivity contribution in [2.75, 3.05) is 18.1 Å². The highest BCUT2D eigenvalue weighted by molar-refractivity contribution is 8.13. The Bertz CT molecular complexity index is 512. The number of thioether (sulfide) groups is 1. The number of hydrogen-bond acceptors (Lipinski definition) is 5. The third-order valence-electron chi connectivity index (χ3n) is 3.42. The van der Waals surface area contributed by atoms with Gasteiger partial charge in [-0.1, -0.05) is 11.8 Å². The SMILES string of the molecule is CC(F)(F)C1OCC2N=C(N)SCC21.Nc1ccc(F)cc1. The van der Waals surface area contributed by atoms with Crippen molar-refractivity contribution < 1.29 is 17.9 Å². The normalized spacial score (nSPS) is 27.5. The maximum Gasteiger partial charge on any atom is 0.271 e. The highest BCUT2D eigenvalue weighted by Crippen LogP contribution is 2.38. The average molecular weight is 333 g/mol. The van der Waals surface area contributed by atoms with E-state index in [2.05, 4.69) is 4.99 Å². The van der Waals surface area contributed by atoms with Crippen LogP contribution < -0.4 is 11.5 Å². The zero-order valence-electron chi connectivity index (χ0n) is 12.0. The van der Waals surface area contributed by atoms with Crippen molar-refractivity contribution in [2.24, 2.45) is 16.6 Å². The molecule has 3 rings (SSSR count). The Hall–Kier alpha value is -1.41. The first-order valence-electron chi connectivity index (χ1n) is 6.74. The quantitative estimate of drug-likeness (QED) is 0.775. The zero-order valence-corrected chi connectivity index (χ0v) is 12.8. The Kier molecular flexibility index (Phi) is 5.23. The van der Waals surface area contributed by atoms with E-state index in [-0.39, 0.29) is 24.4 Å². The fourth-order valence-electron chi connectivity index (χ4n) is 2.35. The third kappa shape index (κ3) is 4.30. The lowest BCUT2D eigenvalue weighted by atomic mass is 9.95. The minimum absolute atomic E-state index is 0.174. The van der Waals surface area contributed by atoms with E-state index in [4.69, 9.17) is 16.2 Å². The molecule has 1 aromatic carbocycles. The van der Waals surface area contributed by atoms with Gasteiger partial charge in [-0.05, 0) is 24.3 Å². The standard InChI is InChI=1S/C8H12F2N2OS.C6H6FN/c1-8(9,10)6-4-3-14-7(11)12-5(4)2-13-6;7-5-1-3-6(8)4-2-5/h4-6H,2-3H2,1H3,(H2,11,12);1-4H,8H2. The molecule has 2 aliphatic heterocycles. The molecule has 2 aliphatic rings. The lowest BCUT2D eigenvalue weighted by Crippen LogP contribution is -2.40. The Balaban J connectivity index is 0.000000188. The molecule has 0 saturated carbocycles. The van der Waals surface area contributed by atoms with Crippen LogP contribution in [0.25, 0.3) is 0 Å². The second kappa shape index (κ2) is 6.78. The number of aliphatic imine (C=N–C) groups is 1. The monoisotopic (exact) mass is 333 g/mol. The third-order valence-corrected chi connectivity index (χ3v) is 4.37. The summed E-state index contributed by atoms with van der Waals surface area (Å²) >= 11 is 1.33. The summed E-state index contributed by atoms with van der Waals surface area (Å²) in [5, 5.41) is 0.481. The van der Waals surface area contributed by atoms with Crippen molar-refractivity contribution in [1.29, 1.82) is 0 Å². The van der Waals surface area contributed by atoms with Crippen LogP contribution >= 0.6 is 11.8 Å². The molecule has 1 fully saturated rings. The van der Waals surface area contributed by atoms with Crippen molar-refractivity contribution in [3.63, 3.8) is 0 Å². The Morgan fingerprint density at radius 1 is 1.27 bits per heavy atom. The van der Waals surface area contributed by atoms with Gasteiger partial charge in [-0.3, -0.25) is 4.99 Å². The van der Waals surface area contributed by atoms with Crippen LogP contribution in [0, 0.1) is 11.7 Å². The molecule has 3 atom stereocenters. The number of nitrogen functional groups attached to an aromatic ring is 1. The number of fused-ring (bicyclic) bond motifs is 1. The fraction of sp³-hybridized carbons (Fsp3) is 0.500. The smallest absolute Gasteiger partial charge is 0.271 e. The number of anilines is 1. The molecule has 2 heterocycles. The first-order chi connectivity index (χ1) is 10.3. The van der Waals surface area contributed by atoms with E-state index in [0.29, 0.717) is 16.6 Å². The van der Waals surface area contributed by atoms with E-state index in [9.17, 15) is 13.2 Å². The topological polar surface area (TPSA) is 73.6 Å². The van der Waals surface area contributed by atoms with Gasteiger partial charge >= 0.3 is 0 Å². The fourth-order valence-corrected chi connectivity index (χ4v) is 3.32. The van der Waals surface area contributed by atoms with Crippen LogP contribution in [0.4, 0.5) is 18.9 Å². The van der Waals surface area contributed by atoms with Crippen LogP contribution in [-0.4, -0.2) is 35.6 Å². The van der Waals surface area contributed by atoms with Gasteiger partial charge in [0.1, 0.15) is 11.9 Å². The Morgan fingerprint density at radius 3 is 2.45 bits per heavy atom. The molecule has 0 radical (unpaired) electrons. The molecule has 22 heavy (non-hydrogen) atoms. The summed E-state index contributed by atoms with van der Waals surface area (Å²) in [7, 11) is 0. The molecule has 8 heteroatoms. The molecule has 122 valence electrons. The molecule has 4 nitrogen and oxygen atoms in total. The van der Waals surface area contributed by atoms with Gasteiger partial charge in [0.25, 0.3) is 5.92 Å². The van der Waals surface area contributed by atoms with Crippen molar-refractivity contribution >= 4 is 22.6 Å². The van der Waals surface area contributed by atoms with Crippen LogP contribution in [0.15, 0.2) is 29.3 Å². The Labute approximate surface area is 131 Å². The van der Waals surface area contributed by atoms with E-state index < -0.39 is 12.0 Å². The van der Waals surface area contributed by atoms with Gasteiger partial charge in [-0.15, -0.1) is 0 Å². The van der Waals surface area contributed by atoms with Crippen LogP contribution in [0.3, 0.4) is 0 Å². The summed E-state index contributed by atoms with van der Waals surface area (Å²) < 4.78 is 43.3. The number of amidine groups is 1. The van der Waals surface area contributed by atoms with E-state index in [0.717, 1.165) is 6.92 Å². The van der Waals surface area contributed by atoms with Crippen LogP contribution in [0.2, 0.25) is 0 Å². The number of hydrogen-bond donors (Lipinski definition) is 2. The van der Waals surface area contributed by atoms with Gasteiger partial charge < -0.3 is 16.2 Å². The Morgan fingerprint density at radius 2 is 1.91 bits per heavy atom. The van der Waals surface area contributed by atoms with Crippen LogP contribution in [0.5, 0.6) is 0 Å². The molecule has 1 aromatic rings. The second-order valence-corrected chi connectivity index (χ2v) is 6.31. The van der Waals surface area contributed by atoms with Gasteiger partial charge in [-0.25, -0.2) is 13.2 Å². The molecule has 0 aliphatic carbocycles. The summed E-state index contributed by atoms with van der Waals surface area (Å²) in [4.78, 5) is 4.11. The molecule has 0 amide bonds. The number of benzene rings is 1. The van der Waals surface area contributed by atoms with Gasteiger partial charge in [0.05, 0.1) is 12.6 Å². The summed E-state index contributed by atoms with van der Waals surface area (Å²) in [5.74, 6) is -2.66. The summed E-state index contributed by atoms with van der Waals surface area (Å²) in [6, 6.07) is 5.53. The maximum absolute atomic E-state index is 13.1. The van der Waals surface area contributed by atoms with Gasteiger partial charge in [0.2, 0.25) is 0 Å². The van der Waals surface area contributed by atoms with E-state index >= 15 is 0 Å². The molecule has 4 N–H and O–H groups in total. The lowest BCUT2D eigenvalue weighted by Gasteiger charge is -2.27. The molecule has 0 aromatic heterocycles. The summed E-state index contributed by atoms with van der Waals surface area (Å²) in [6.45, 7) is 1.16. The van der Waals surface area contributed by atoms with Crippen LogP contribution in [0.1, 0.15) is 6.92 Å². The number of ether oxygens (including phenoxy) is 1. The molecular weight excluding hydrogens is 315 g/mol. The molecular formula is C14H18F3N3OS. The minimum atomic E-state index is -2.79. The van der Waals surface area contributed by atoms with E-state index in [1.807, 2.05) is 0 Å². The maximum atomic E-state index is 13.1. The van der Waals surface area contributed by atoms with Crippen molar-refractivity contribution in [3.8, 4) is 0 Å². The molecule has 1 saturated heterocycles. The molecule has 3 unspecified atom stereocenters.